The largest absolute Gasteiger partial charge is 0.370 e. The Morgan fingerprint density at radius 2 is 1.62 bits per heavy atom. The second-order valence-electron chi connectivity index (χ2n) is 6.92. The summed E-state index contributed by atoms with van der Waals surface area (Å²) in [7, 11) is 1.53. The second kappa shape index (κ2) is 8.00. The van der Waals surface area contributed by atoms with E-state index in [4.69, 9.17) is 5.73 Å². The summed E-state index contributed by atoms with van der Waals surface area (Å²) in [6.07, 6.45) is 0.550. The number of hydrogen-bond donors (Lipinski definition) is 3. The zero-order valence-electron chi connectivity index (χ0n) is 13.9. The van der Waals surface area contributed by atoms with Crippen LogP contribution in [0.3, 0.4) is 0 Å². The Hall–Kier alpha value is -1.59. The van der Waals surface area contributed by atoms with Crippen LogP contribution >= 0.6 is 0 Å². The van der Waals surface area contributed by atoms with Gasteiger partial charge in [0.2, 0.25) is 17.7 Å². The van der Waals surface area contributed by atoms with Gasteiger partial charge in [0.25, 0.3) is 0 Å². The Kier molecular flexibility index (Phi) is 7.39. The molecule has 0 aromatic heterocycles. The van der Waals surface area contributed by atoms with Crippen LogP contribution in [0.25, 0.3) is 0 Å². The molecule has 0 spiro atoms. The van der Waals surface area contributed by atoms with E-state index in [0.29, 0.717) is 6.42 Å². The van der Waals surface area contributed by atoms with Crippen LogP contribution in [0.4, 0.5) is 0 Å². The van der Waals surface area contributed by atoms with E-state index in [1.54, 1.807) is 0 Å². The van der Waals surface area contributed by atoms with Crippen molar-refractivity contribution < 1.29 is 14.4 Å². The van der Waals surface area contributed by atoms with Gasteiger partial charge in [0.1, 0.15) is 6.04 Å². The molecule has 0 unspecified atom stereocenters. The summed E-state index contributed by atoms with van der Waals surface area (Å²) in [5.74, 6) is -1.31. The lowest BCUT2D eigenvalue weighted by Crippen LogP contribution is -2.54. The van der Waals surface area contributed by atoms with Gasteiger partial charge < -0.3 is 16.4 Å². The lowest BCUT2D eigenvalue weighted by molar-refractivity contribution is -0.135. The molecule has 3 amide bonds. The molecule has 0 heterocycles. The summed E-state index contributed by atoms with van der Waals surface area (Å²) < 4.78 is 0. The first-order chi connectivity index (χ1) is 9.48. The van der Waals surface area contributed by atoms with Gasteiger partial charge in [-0.1, -0.05) is 34.6 Å². The van der Waals surface area contributed by atoms with Crippen molar-refractivity contribution in [2.45, 2.75) is 53.5 Å². The average molecular weight is 299 g/mol. The molecule has 0 saturated heterocycles. The molecule has 0 bridgehead atoms. The molecule has 0 aromatic rings. The zero-order valence-corrected chi connectivity index (χ0v) is 13.9. The highest BCUT2D eigenvalue weighted by molar-refractivity contribution is 5.90. The molecule has 0 aliphatic rings. The van der Waals surface area contributed by atoms with Crippen molar-refractivity contribution in [2.75, 3.05) is 7.05 Å². The van der Waals surface area contributed by atoms with Crippen LogP contribution in [-0.4, -0.2) is 30.8 Å². The number of nitrogens with one attached hydrogen (secondary N) is 2. The van der Waals surface area contributed by atoms with Gasteiger partial charge in [0, 0.05) is 19.4 Å². The van der Waals surface area contributed by atoms with Crippen molar-refractivity contribution in [3.05, 3.63) is 0 Å². The van der Waals surface area contributed by atoms with Crippen molar-refractivity contribution >= 4 is 17.7 Å². The number of hydrogen-bond acceptors (Lipinski definition) is 3. The van der Waals surface area contributed by atoms with E-state index >= 15 is 0 Å². The van der Waals surface area contributed by atoms with Crippen LogP contribution in [0.15, 0.2) is 0 Å². The van der Waals surface area contributed by atoms with Crippen LogP contribution in [0.1, 0.15) is 47.5 Å². The number of nitrogens with two attached hydrogens (primary N) is 1. The minimum Gasteiger partial charge on any atom is -0.370 e. The van der Waals surface area contributed by atoms with Gasteiger partial charge in [0.15, 0.2) is 0 Å². The molecule has 0 aliphatic heterocycles. The molecular weight excluding hydrogens is 270 g/mol. The number of amides is 3. The number of carbonyl (C=O) groups excluding carboxylic acids is 3. The SMILES string of the molecule is CNC(=O)[C@@H](NC(=O)[C@@H](CC(N)=O)CC(C)C)C(C)(C)C. The third-order valence-corrected chi connectivity index (χ3v) is 3.24. The Labute approximate surface area is 127 Å². The molecule has 6 nitrogen and oxygen atoms in total. The lowest BCUT2D eigenvalue weighted by Gasteiger charge is -2.31. The molecular formula is C15H29N3O3. The van der Waals surface area contributed by atoms with E-state index in [9.17, 15) is 14.4 Å². The number of likely N-dealkylation sites (N-methyl/N-ethyl adjacent to an activating group) is 1. The molecule has 122 valence electrons. The summed E-state index contributed by atoms with van der Waals surface area (Å²) in [5.41, 5.74) is 4.79. The van der Waals surface area contributed by atoms with Crippen molar-refractivity contribution in [2.24, 2.45) is 23.0 Å². The van der Waals surface area contributed by atoms with E-state index in [1.165, 1.54) is 7.05 Å². The minimum absolute atomic E-state index is 0.00534. The van der Waals surface area contributed by atoms with Crippen molar-refractivity contribution in [3.63, 3.8) is 0 Å². The Morgan fingerprint density at radius 1 is 1.10 bits per heavy atom. The molecule has 6 heteroatoms. The van der Waals surface area contributed by atoms with Crippen LogP contribution in [0.5, 0.6) is 0 Å². The number of primary amides is 1. The first-order valence-corrected chi connectivity index (χ1v) is 7.29. The van der Waals surface area contributed by atoms with Crippen LogP contribution in [0, 0.1) is 17.3 Å². The highest BCUT2D eigenvalue weighted by Crippen LogP contribution is 2.22. The predicted molar refractivity (Wildman–Crippen MR) is 82.2 cm³/mol. The summed E-state index contributed by atoms with van der Waals surface area (Å²) >= 11 is 0. The predicted octanol–water partition coefficient (Wildman–Crippen LogP) is 0.801. The highest BCUT2D eigenvalue weighted by Gasteiger charge is 2.34. The van der Waals surface area contributed by atoms with E-state index in [2.05, 4.69) is 10.6 Å². The van der Waals surface area contributed by atoms with Gasteiger partial charge in [-0.15, -0.1) is 0 Å². The Morgan fingerprint density at radius 3 is 1.95 bits per heavy atom. The van der Waals surface area contributed by atoms with Gasteiger partial charge in [-0.2, -0.15) is 0 Å². The van der Waals surface area contributed by atoms with Gasteiger partial charge in [0.05, 0.1) is 0 Å². The molecule has 4 N–H and O–H groups in total. The van der Waals surface area contributed by atoms with Crippen molar-refractivity contribution in [1.29, 1.82) is 0 Å². The zero-order chi connectivity index (χ0) is 16.8. The van der Waals surface area contributed by atoms with Gasteiger partial charge in [-0.3, -0.25) is 14.4 Å². The molecule has 2 atom stereocenters. The van der Waals surface area contributed by atoms with Crippen LogP contribution < -0.4 is 16.4 Å². The van der Waals surface area contributed by atoms with Crippen molar-refractivity contribution in [1.82, 2.24) is 10.6 Å². The molecule has 21 heavy (non-hydrogen) atoms. The maximum atomic E-state index is 12.4. The first kappa shape index (κ1) is 19.4. The lowest BCUT2D eigenvalue weighted by atomic mass is 9.85. The smallest absolute Gasteiger partial charge is 0.242 e. The fraction of sp³-hybridized carbons (Fsp3) is 0.800. The molecule has 0 aliphatic carbocycles. The fourth-order valence-electron chi connectivity index (χ4n) is 2.17. The maximum Gasteiger partial charge on any atom is 0.242 e. The fourth-order valence-corrected chi connectivity index (χ4v) is 2.17. The minimum atomic E-state index is -0.655. The summed E-state index contributed by atoms with van der Waals surface area (Å²) in [4.78, 5) is 35.5. The Bertz CT molecular complexity index is 386. The van der Waals surface area contributed by atoms with E-state index in [0.717, 1.165) is 0 Å². The topological polar surface area (TPSA) is 101 Å². The second-order valence-corrected chi connectivity index (χ2v) is 6.92. The van der Waals surface area contributed by atoms with Crippen LogP contribution in [0.2, 0.25) is 0 Å². The van der Waals surface area contributed by atoms with E-state index in [-0.39, 0.29) is 24.2 Å². The van der Waals surface area contributed by atoms with Gasteiger partial charge in [-0.05, 0) is 17.8 Å². The number of rotatable bonds is 7. The quantitative estimate of drug-likeness (QED) is 0.648. The average Bonchev–Trinajstić information content (AvgIpc) is 2.31. The molecule has 0 fully saturated rings. The molecule has 0 radical (unpaired) electrons. The summed E-state index contributed by atoms with van der Waals surface area (Å²) in [6, 6.07) is -0.655. The van der Waals surface area contributed by atoms with E-state index < -0.39 is 23.3 Å². The van der Waals surface area contributed by atoms with Gasteiger partial charge in [-0.25, -0.2) is 0 Å². The third kappa shape index (κ3) is 7.11. The summed E-state index contributed by atoms with van der Waals surface area (Å²) in [6.45, 7) is 9.57. The number of carbonyl (C=O) groups is 3. The molecule has 0 saturated carbocycles. The Balaban J connectivity index is 5.06. The third-order valence-electron chi connectivity index (χ3n) is 3.24. The van der Waals surface area contributed by atoms with Gasteiger partial charge >= 0.3 is 0 Å². The van der Waals surface area contributed by atoms with Crippen molar-refractivity contribution in [3.8, 4) is 0 Å². The van der Waals surface area contributed by atoms with E-state index in [1.807, 2.05) is 34.6 Å². The standard InChI is InChI=1S/C15H29N3O3/c1-9(2)7-10(8-11(16)19)13(20)18-12(14(21)17-6)15(3,4)5/h9-10,12H,7-8H2,1-6H3,(H2,16,19)(H,17,21)(H,18,20)/t10-,12-/m1/s1. The molecule has 0 rings (SSSR count). The molecule has 0 aromatic carbocycles. The maximum absolute atomic E-state index is 12.4. The first-order valence-electron chi connectivity index (χ1n) is 7.29. The summed E-state index contributed by atoms with van der Waals surface area (Å²) in [5, 5.41) is 5.31. The highest BCUT2D eigenvalue weighted by atomic mass is 16.2. The van der Waals surface area contributed by atoms with Crippen LogP contribution in [-0.2, 0) is 14.4 Å². The monoisotopic (exact) mass is 299 g/mol. The normalized spacial score (nSPS) is 14.4.